The molecule has 1 aromatic carbocycles. The highest BCUT2D eigenvalue weighted by Gasteiger charge is 2.08. The third-order valence-corrected chi connectivity index (χ3v) is 2.43. The molecule has 0 aromatic heterocycles. The Bertz CT molecular complexity index is 373. The normalized spacial score (nSPS) is 12.0. The third-order valence-electron chi connectivity index (χ3n) is 2.43. The number of benzene rings is 1. The van der Waals surface area contributed by atoms with Crippen LogP contribution in [0.15, 0.2) is 18.2 Å². The number of rotatable bonds is 4. The first kappa shape index (κ1) is 13.5. The predicted octanol–water partition coefficient (Wildman–Crippen LogP) is 0.778. The number of carbonyl (C=O) groups is 1. The van der Waals surface area contributed by atoms with E-state index in [1.807, 2.05) is 32.0 Å². The molecule has 17 heavy (non-hydrogen) atoms. The minimum absolute atomic E-state index is 0.0211. The maximum atomic E-state index is 11.5. The van der Waals surface area contributed by atoms with E-state index < -0.39 is 12.1 Å². The molecular formula is C12H18N2O3. The number of aliphatic hydroxyl groups is 2. The molecule has 1 aromatic rings. The fourth-order valence-corrected chi connectivity index (χ4v) is 1.44. The molecule has 1 atom stereocenters. The van der Waals surface area contributed by atoms with E-state index >= 15 is 0 Å². The van der Waals surface area contributed by atoms with E-state index in [4.69, 9.17) is 10.2 Å². The van der Waals surface area contributed by atoms with Crippen molar-refractivity contribution in [2.45, 2.75) is 20.0 Å². The van der Waals surface area contributed by atoms with Crippen LogP contribution >= 0.6 is 0 Å². The summed E-state index contributed by atoms with van der Waals surface area (Å²) in [7, 11) is 0. The van der Waals surface area contributed by atoms with Gasteiger partial charge in [-0.3, -0.25) is 0 Å². The predicted molar refractivity (Wildman–Crippen MR) is 66.0 cm³/mol. The van der Waals surface area contributed by atoms with Gasteiger partial charge in [-0.15, -0.1) is 0 Å². The zero-order valence-electron chi connectivity index (χ0n) is 10.0. The van der Waals surface area contributed by atoms with Crippen LogP contribution in [-0.2, 0) is 0 Å². The average molecular weight is 238 g/mol. The lowest BCUT2D eigenvalue weighted by Crippen LogP contribution is -2.36. The highest BCUT2D eigenvalue weighted by molar-refractivity contribution is 5.90. The van der Waals surface area contributed by atoms with E-state index in [0.717, 1.165) is 16.8 Å². The van der Waals surface area contributed by atoms with E-state index in [-0.39, 0.29) is 13.2 Å². The summed E-state index contributed by atoms with van der Waals surface area (Å²) < 4.78 is 0. The fourth-order valence-electron chi connectivity index (χ4n) is 1.44. The summed E-state index contributed by atoms with van der Waals surface area (Å²) in [4.78, 5) is 11.5. The van der Waals surface area contributed by atoms with Gasteiger partial charge in [0, 0.05) is 12.2 Å². The molecule has 0 heterocycles. The van der Waals surface area contributed by atoms with Crippen molar-refractivity contribution in [3.8, 4) is 0 Å². The molecule has 5 heteroatoms. The van der Waals surface area contributed by atoms with Gasteiger partial charge >= 0.3 is 6.03 Å². The van der Waals surface area contributed by atoms with Crippen molar-refractivity contribution in [1.29, 1.82) is 0 Å². The van der Waals surface area contributed by atoms with Crippen LogP contribution in [-0.4, -0.2) is 35.5 Å². The van der Waals surface area contributed by atoms with Crippen LogP contribution in [0.2, 0.25) is 0 Å². The number of aryl methyl sites for hydroxylation is 2. The highest BCUT2D eigenvalue weighted by atomic mass is 16.3. The van der Waals surface area contributed by atoms with Crippen molar-refractivity contribution in [2.75, 3.05) is 18.5 Å². The average Bonchev–Trinajstić information content (AvgIpc) is 2.31. The summed E-state index contributed by atoms with van der Waals surface area (Å²) >= 11 is 0. The van der Waals surface area contributed by atoms with Gasteiger partial charge in [0.1, 0.15) is 0 Å². The minimum atomic E-state index is -0.932. The lowest BCUT2D eigenvalue weighted by Gasteiger charge is -2.13. The SMILES string of the molecule is Cc1cccc(C)c1NC(=O)NCC(O)CO. The van der Waals surface area contributed by atoms with Crippen molar-refractivity contribution in [3.63, 3.8) is 0 Å². The topological polar surface area (TPSA) is 81.6 Å². The van der Waals surface area contributed by atoms with E-state index in [2.05, 4.69) is 10.6 Å². The molecule has 0 spiro atoms. The molecule has 0 aliphatic carbocycles. The molecule has 94 valence electrons. The summed E-state index contributed by atoms with van der Waals surface area (Å²) in [6.07, 6.45) is -0.932. The highest BCUT2D eigenvalue weighted by Crippen LogP contribution is 2.18. The number of amides is 2. The summed E-state index contributed by atoms with van der Waals surface area (Å²) in [5.41, 5.74) is 2.72. The van der Waals surface area contributed by atoms with Crippen LogP contribution in [0.1, 0.15) is 11.1 Å². The van der Waals surface area contributed by atoms with Gasteiger partial charge in [-0.25, -0.2) is 4.79 Å². The van der Waals surface area contributed by atoms with Crippen molar-refractivity contribution in [1.82, 2.24) is 5.32 Å². The number of hydrogen-bond acceptors (Lipinski definition) is 3. The molecular weight excluding hydrogens is 220 g/mol. The van der Waals surface area contributed by atoms with Gasteiger partial charge in [-0.1, -0.05) is 18.2 Å². The van der Waals surface area contributed by atoms with Gasteiger partial charge in [0.2, 0.25) is 0 Å². The molecule has 0 aliphatic heterocycles. The first-order chi connectivity index (χ1) is 8.04. The molecule has 0 saturated heterocycles. The number of nitrogens with one attached hydrogen (secondary N) is 2. The molecule has 5 nitrogen and oxygen atoms in total. The standard InChI is InChI=1S/C12H18N2O3/c1-8-4-3-5-9(2)11(8)14-12(17)13-6-10(16)7-15/h3-5,10,15-16H,6-7H2,1-2H3,(H2,13,14,17). The van der Waals surface area contributed by atoms with Crippen LogP contribution < -0.4 is 10.6 Å². The van der Waals surface area contributed by atoms with Crippen LogP contribution in [0, 0.1) is 13.8 Å². The number of carbonyl (C=O) groups excluding carboxylic acids is 1. The zero-order valence-corrected chi connectivity index (χ0v) is 10.0. The Morgan fingerprint density at radius 2 is 1.94 bits per heavy atom. The monoisotopic (exact) mass is 238 g/mol. The van der Waals surface area contributed by atoms with E-state index in [0.29, 0.717) is 0 Å². The summed E-state index contributed by atoms with van der Waals surface area (Å²) in [5.74, 6) is 0. The molecule has 2 amide bonds. The second-order valence-electron chi connectivity index (χ2n) is 3.94. The Morgan fingerprint density at radius 1 is 1.35 bits per heavy atom. The molecule has 1 unspecified atom stereocenters. The Hall–Kier alpha value is -1.59. The largest absolute Gasteiger partial charge is 0.394 e. The van der Waals surface area contributed by atoms with E-state index in [1.165, 1.54) is 0 Å². The van der Waals surface area contributed by atoms with Gasteiger partial charge in [-0.05, 0) is 25.0 Å². The first-order valence-corrected chi connectivity index (χ1v) is 5.44. The van der Waals surface area contributed by atoms with Gasteiger partial charge in [0.05, 0.1) is 12.7 Å². The van der Waals surface area contributed by atoms with Crippen molar-refractivity contribution >= 4 is 11.7 Å². The number of hydrogen-bond donors (Lipinski definition) is 4. The molecule has 0 bridgehead atoms. The first-order valence-electron chi connectivity index (χ1n) is 5.44. The van der Waals surface area contributed by atoms with E-state index in [9.17, 15) is 4.79 Å². The van der Waals surface area contributed by atoms with Gasteiger partial charge in [0.15, 0.2) is 0 Å². The van der Waals surface area contributed by atoms with Crippen molar-refractivity contribution < 1.29 is 15.0 Å². The van der Waals surface area contributed by atoms with Crippen LogP contribution in [0.4, 0.5) is 10.5 Å². The smallest absolute Gasteiger partial charge is 0.319 e. The van der Waals surface area contributed by atoms with Crippen LogP contribution in [0.25, 0.3) is 0 Å². The van der Waals surface area contributed by atoms with Gasteiger partial charge < -0.3 is 20.8 Å². The Balaban J connectivity index is 2.56. The lowest BCUT2D eigenvalue weighted by molar-refractivity contribution is 0.0965. The second kappa shape index (κ2) is 6.22. The Kier molecular flexibility index (Phi) is 4.93. The molecule has 0 saturated carbocycles. The Labute approximate surface area is 100 Å². The fraction of sp³-hybridized carbons (Fsp3) is 0.417. The minimum Gasteiger partial charge on any atom is -0.394 e. The van der Waals surface area contributed by atoms with Crippen molar-refractivity contribution in [2.24, 2.45) is 0 Å². The third kappa shape index (κ3) is 4.05. The van der Waals surface area contributed by atoms with Crippen LogP contribution in [0.3, 0.4) is 0 Å². The number of urea groups is 1. The molecule has 4 N–H and O–H groups in total. The summed E-state index contributed by atoms with van der Waals surface area (Å²) in [5, 5.41) is 22.9. The van der Waals surface area contributed by atoms with Gasteiger partial charge in [-0.2, -0.15) is 0 Å². The van der Waals surface area contributed by atoms with Crippen LogP contribution in [0.5, 0.6) is 0 Å². The second-order valence-corrected chi connectivity index (χ2v) is 3.94. The number of anilines is 1. The molecule has 0 radical (unpaired) electrons. The lowest BCUT2D eigenvalue weighted by atomic mass is 10.1. The summed E-state index contributed by atoms with van der Waals surface area (Å²) in [6.45, 7) is 3.47. The van der Waals surface area contributed by atoms with Crippen molar-refractivity contribution in [3.05, 3.63) is 29.3 Å². The van der Waals surface area contributed by atoms with Gasteiger partial charge in [0.25, 0.3) is 0 Å². The zero-order chi connectivity index (χ0) is 12.8. The quantitative estimate of drug-likeness (QED) is 0.625. The van der Waals surface area contributed by atoms with E-state index in [1.54, 1.807) is 0 Å². The molecule has 1 rings (SSSR count). The number of para-hydroxylation sites is 1. The number of aliphatic hydroxyl groups excluding tert-OH is 2. The Morgan fingerprint density at radius 3 is 2.47 bits per heavy atom. The molecule has 0 fully saturated rings. The maximum Gasteiger partial charge on any atom is 0.319 e. The molecule has 0 aliphatic rings. The maximum absolute atomic E-state index is 11.5. The summed E-state index contributed by atoms with van der Waals surface area (Å²) in [6, 6.07) is 5.34.